The fourth-order valence-electron chi connectivity index (χ4n) is 9.50. The summed E-state index contributed by atoms with van der Waals surface area (Å²) in [6, 6.07) is 16.6. The summed E-state index contributed by atoms with van der Waals surface area (Å²) in [7, 11) is 3.86. The molecule has 0 saturated heterocycles. The second kappa shape index (κ2) is 22.2. The largest absolute Gasteiger partial charge is 0.469 e. The summed E-state index contributed by atoms with van der Waals surface area (Å²) < 4.78 is 21.7. The van der Waals surface area contributed by atoms with Gasteiger partial charge in [0.1, 0.15) is 8.07 Å². The third-order valence-electron chi connectivity index (χ3n) is 13.3. The molecule has 4 N–H and O–H groups in total. The van der Waals surface area contributed by atoms with Gasteiger partial charge in [0, 0.05) is 68.0 Å². The van der Waals surface area contributed by atoms with Crippen LogP contribution in [0.25, 0.3) is 23.3 Å². The molecule has 14 heteroatoms. The van der Waals surface area contributed by atoms with E-state index in [1.165, 1.54) is 28.4 Å². The average Bonchev–Trinajstić information content (AvgIpc) is 4.03. The van der Waals surface area contributed by atoms with Crippen molar-refractivity contribution in [2.45, 2.75) is 98.7 Å². The van der Waals surface area contributed by atoms with Crippen molar-refractivity contribution < 1.29 is 38.1 Å². The van der Waals surface area contributed by atoms with Crippen molar-refractivity contribution in [2.24, 2.45) is 0 Å². The number of hydrogen-bond acceptors (Lipinski definition) is 8. The Balaban J connectivity index is 1.74. The number of fused-ring (bicyclic) bond motifs is 8. The number of aromatic nitrogens is 4. The standard InChI is InChI=1S/C57H63IN4O8Si/c1-32-40(18-22-48(63)67-5)44-30-46-42(20-24-50(65)69-7)34(3)56(61-46)53(38-16-13-17-39(58)29-38)57-35(4)43(21-25-51(66)70-8)47(62-57)31-45-41(19-23-49(64)68-6)33(2)55(60-45)52(54(32)59-44)37-15-12-14-36(28-37)26-27-71(9,10)11/h12-17,28-31,59-62H,18-25H2,1-11H3/b44-30-,45-31?,46-30?,47-31-,54-52-,55-52?,56-53?,57-53-. The number of benzene rings is 2. The molecule has 7 rings (SSSR count). The van der Waals surface area contributed by atoms with E-state index < -0.39 is 8.07 Å². The first kappa shape index (κ1) is 52.3. The number of halogens is 1. The Bertz CT molecular complexity index is 3400. The zero-order chi connectivity index (χ0) is 51.3. The summed E-state index contributed by atoms with van der Waals surface area (Å²) in [6.45, 7) is 15.0. The molecule has 0 amide bonds. The van der Waals surface area contributed by atoms with E-state index in [-0.39, 0.29) is 49.6 Å². The number of ether oxygens (including phenoxy) is 4. The van der Waals surface area contributed by atoms with Crippen LogP contribution in [0.2, 0.25) is 19.6 Å². The van der Waals surface area contributed by atoms with Gasteiger partial charge in [-0.15, -0.1) is 5.54 Å². The number of methoxy groups -OCH3 is 4. The molecule has 0 unspecified atom stereocenters. The molecular weight excluding hydrogens is 1020 g/mol. The first-order chi connectivity index (χ1) is 33.9. The smallest absolute Gasteiger partial charge is 0.305 e. The second-order valence-corrected chi connectivity index (χ2v) is 25.0. The number of nitrogens with one attached hydrogen (secondary N) is 4. The van der Waals surface area contributed by atoms with Crippen LogP contribution in [-0.2, 0) is 63.8 Å². The fourth-order valence-corrected chi connectivity index (χ4v) is 10.6. The van der Waals surface area contributed by atoms with Crippen molar-refractivity contribution in [3.8, 4) is 11.5 Å². The molecule has 0 fully saturated rings. The SMILES string of the molecule is COC(=O)CCc1c2[nH]c(c1C)/C(c1cccc(I)c1)=c1\[nH]/c(c(CCC(=O)OC)c1C)=C\c1[nH]c(c(C)c1CCC(=O)OC)/C(c1cccc(C#C[Si](C)(C)C)c1)=c1\[nH]/c(c(CCC(=O)OC)c1C)=C\2. The molecule has 2 aromatic carbocycles. The van der Waals surface area contributed by atoms with Gasteiger partial charge in [0.25, 0.3) is 0 Å². The number of hydrogen-bond donors (Lipinski definition) is 4. The molecule has 370 valence electrons. The maximum atomic E-state index is 12.9. The minimum Gasteiger partial charge on any atom is -0.469 e. The van der Waals surface area contributed by atoms with Crippen molar-refractivity contribution in [3.63, 3.8) is 0 Å². The van der Waals surface area contributed by atoms with Crippen LogP contribution >= 0.6 is 22.6 Å². The minimum absolute atomic E-state index is 0.145. The summed E-state index contributed by atoms with van der Waals surface area (Å²) >= 11 is 2.33. The molecule has 0 aliphatic carbocycles. The zero-order valence-electron chi connectivity index (χ0n) is 42.6. The molecule has 8 bridgehead atoms. The Morgan fingerprint density at radius 2 is 0.930 bits per heavy atom. The normalized spacial score (nSPS) is 14.6. The molecule has 0 saturated carbocycles. The third kappa shape index (κ3) is 11.6. The summed E-state index contributed by atoms with van der Waals surface area (Å²) in [5.41, 5.74) is 18.8. The van der Waals surface area contributed by atoms with E-state index in [0.717, 1.165) is 120 Å². The van der Waals surface area contributed by atoms with Crippen LogP contribution in [-0.4, -0.2) is 80.3 Å². The van der Waals surface area contributed by atoms with Crippen LogP contribution in [0, 0.1) is 42.7 Å². The van der Waals surface area contributed by atoms with Gasteiger partial charge in [0.2, 0.25) is 0 Å². The predicted molar refractivity (Wildman–Crippen MR) is 288 cm³/mol. The molecule has 0 radical (unpaired) electrons. The van der Waals surface area contributed by atoms with Crippen molar-refractivity contribution in [3.05, 3.63) is 157 Å². The summed E-state index contributed by atoms with van der Waals surface area (Å²) in [6.07, 6.45) is 6.31. The Kier molecular flexibility index (Phi) is 16.4. The highest BCUT2D eigenvalue weighted by Gasteiger charge is 2.25. The van der Waals surface area contributed by atoms with E-state index in [4.69, 9.17) is 18.9 Å². The Hall–Kier alpha value is -6.57. The molecule has 6 aromatic rings. The Morgan fingerprint density at radius 1 is 0.535 bits per heavy atom. The topological polar surface area (TPSA) is 168 Å². The van der Waals surface area contributed by atoms with Crippen LogP contribution in [0.5, 0.6) is 0 Å². The molecule has 4 aromatic heterocycles. The monoisotopic (exact) mass is 1090 g/mol. The number of carbonyl (C=O) groups is 4. The second-order valence-electron chi connectivity index (χ2n) is 19.0. The van der Waals surface area contributed by atoms with E-state index in [0.29, 0.717) is 25.7 Å². The fraction of sp³-hybridized carbons (Fsp3) is 0.333. The number of rotatable bonds is 14. The number of aromatic amines is 4. The lowest BCUT2D eigenvalue weighted by Crippen LogP contribution is -2.18. The van der Waals surface area contributed by atoms with Gasteiger partial charge in [-0.05, 0) is 168 Å². The molecule has 5 heterocycles. The Labute approximate surface area is 429 Å². The maximum absolute atomic E-state index is 12.9. The van der Waals surface area contributed by atoms with Crippen LogP contribution in [0.15, 0.2) is 48.5 Å². The molecule has 0 spiro atoms. The van der Waals surface area contributed by atoms with Gasteiger partial charge in [-0.2, -0.15) is 0 Å². The Morgan fingerprint density at radius 3 is 1.32 bits per heavy atom. The molecule has 12 nitrogen and oxygen atoms in total. The van der Waals surface area contributed by atoms with Gasteiger partial charge in [0.05, 0.1) is 50.5 Å². The van der Waals surface area contributed by atoms with E-state index in [2.05, 4.69) is 144 Å². The zero-order valence-corrected chi connectivity index (χ0v) is 45.7. The lowest BCUT2D eigenvalue weighted by molar-refractivity contribution is -0.141. The van der Waals surface area contributed by atoms with Crippen LogP contribution in [0.1, 0.15) is 110 Å². The van der Waals surface area contributed by atoms with E-state index in [9.17, 15) is 19.2 Å². The van der Waals surface area contributed by atoms with Crippen LogP contribution < -0.4 is 21.4 Å². The highest BCUT2D eigenvalue weighted by atomic mass is 127. The molecule has 1 aliphatic heterocycles. The number of esters is 4. The molecule has 71 heavy (non-hydrogen) atoms. The molecule has 1 aliphatic rings. The van der Waals surface area contributed by atoms with Gasteiger partial charge < -0.3 is 38.9 Å². The maximum Gasteiger partial charge on any atom is 0.305 e. The average molecular weight is 1090 g/mol. The van der Waals surface area contributed by atoms with Crippen LogP contribution in [0.4, 0.5) is 0 Å². The van der Waals surface area contributed by atoms with Gasteiger partial charge in [-0.25, -0.2) is 0 Å². The predicted octanol–water partition coefficient (Wildman–Crippen LogP) is 6.95. The van der Waals surface area contributed by atoms with Gasteiger partial charge in [0.15, 0.2) is 0 Å². The molecular formula is C57H63IN4O8Si. The number of carbonyl (C=O) groups excluding carboxylic acids is 4. The highest BCUT2D eigenvalue weighted by molar-refractivity contribution is 14.1. The summed E-state index contributed by atoms with van der Waals surface area (Å²) in [5, 5.41) is 3.25. The van der Waals surface area contributed by atoms with Gasteiger partial charge in [-0.3, -0.25) is 19.2 Å². The lowest BCUT2D eigenvalue weighted by atomic mass is 9.94. The van der Waals surface area contributed by atoms with Gasteiger partial charge >= 0.3 is 23.9 Å². The number of H-pyrrole nitrogens is 4. The van der Waals surface area contributed by atoms with Crippen molar-refractivity contribution in [1.29, 1.82) is 0 Å². The van der Waals surface area contributed by atoms with Crippen LogP contribution in [0.3, 0.4) is 0 Å². The molecule has 0 atom stereocenters. The van der Waals surface area contributed by atoms with Crippen molar-refractivity contribution in [2.75, 3.05) is 28.4 Å². The van der Waals surface area contributed by atoms with E-state index in [1.54, 1.807) is 0 Å². The van der Waals surface area contributed by atoms with Crippen molar-refractivity contribution >= 4 is 77.8 Å². The first-order valence-corrected chi connectivity index (χ1v) is 28.4. The minimum atomic E-state index is -1.74. The van der Waals surface area contributed by atoms with E-state index in [1.807, 2.05) is 18.2 Å². The third-order valence-corrected chi connectivity index (χ3v) is 14.8. The highest BCUT2D eigenvalue weighted by Crippen LogP contribution is 2.33. The lowest BCUT2D eigenvalue weighted by Gasteiger charge is -2.10. The summed E-state index contributed by atoms with van der Waals surface area (Å²) in [5.74, 6) is 2.16. The first-order valence-electron chi connectivity index (χ1n) is 23.8. The van der Waals surface area contributed by atoms with Crippen molar-refractivity contribution in [1.82, 2.24) is 19.9 Å². The van der Waals surface area contributed by atoms with Gasteiger partial charge in [-0.1, -0.05) is 49.8 Å². The quantitative estimate of drug-likeness (QED) is 0.0299. The summed E-state index contributed by atoms with van der Waals surface area (Å²) in [4.78, 5) is 67.1. The van der Waals surface area contributed by atoms with E-state index >= 15 is 0 Å².